The van der Waals surface area contributed by atoms with E-state index in [0.29, 0.717) is 22.3 Å². The molecular formula is C23H34N2O6. The number of hydrogen-bond donors (Lipinski definition) is 2. The molecular weight excluding hydrogens is 400 g/mol. The van der Waals surface area contributed by atoms with E-state index in [2.05, 4.69) is 0 Å². The average Bonchev–Trinajstić information content (AvgIpc) is 2.68. The largest absolute Gasteiger partial charge is 0.465 e. The van der Waals surface area contributed by atoms with Crippen molar-refractivity contribution in [2.75, 3.05) is 19.6 Å². The third kappa shape index (κ3) is 4.89. The highest BCUT2D eigenvalue weighted by atomic mass is 16.4. The molecule has 2 aliphatic rings. The first-order valence-corrected chi connectivity index (χ1v) is 10.6. The van der Waals surface area contributed by atoms with Crippen LogP contribution in [0.2, 0.25) is 0 Å². The third-order valence-electron chi connectivity index (χ3n) is 6.55. The fraction of sp³-hybridized carbons (Fsp3) is 0.652. The van der Waals surface area contributed by atoms with Crippen molar-refractivity contribution < 1.29 is 29.4 Å². The van der Waals surface area contributed by atoms with Crippen LogP contribution in [0.15, 0.2) is 22.3 Å². The number of hydrogen-bond acceptors (Lipinski definition) is 5. The Morgan fingerprint density at radius 3 is 2.03 bits per heavy atom. The predicted octanol–water partition coefficient (Wildman–Crippen LogP) is 2.56. The Bertz CT molecular complexity index is 875. The maximum absolute atomic E-state index is 13.1. The van der Waals surface area contributed by atoms with Gasteiger partial charge >= 0.3 is 6.09 Å². The maximum atomic E-state index is 13.1. The van der Waals surface area contributed by atoms with Crippen LogP contribution < -0.4 is 0 Å². The first kappa shape index (κ1) is 24.8. The number of rotatable bonds is 4. The summed E-state index contributed by atoms with van der Waals surface area (Å²) in [6, 6.07) is -0.406. The van der Waals surface area contributed by atoms with Gasteiger partial charge in [0.25, 0.3) is 5.91 Å². The number of Topliss-reactive ketones (excluding diaryl/α,β-unsaturated/α-hetero) is 2. The van der Waals surface area contributed by atoms with Crippen LogP contribution in [0.5, 0.6) is 0 Å². The number of ketones is 2. The number of amides is 2. The number of allylic oxidation sites excluding steroid dienone is 4. The number of carbonyl (C=O) groups excluding carboxylic acids is 3. The summed E-state index contributed by atoms with van der Waals surface area (Å²) in [5.74, 6) is -0.903. The molecule has 0 bridgehead atoms. The normalized spacial score (nSPS) is 22.8. The molecule has 1 aliphatic heterocycles. The van der Waals surface area contributed by atoms with Crippen LogP contribution in [-0.4, -0.2) is 74.9 Å². The summed E-state index contributed by atoms with van der Waals surface area (Å²) in [5, 5.41) is 20.4. The molecule has 2 amide bonds. The van der Waals surface area contributed by atoms with Gasteiger partial charge in [-0.15, -0.1) is 0 Å². The SMILES string of the molecule is CC1=C(C)C(=O)C(CCC(C)(O)C(=O)N2CCN(C(=O)O)C(C(C)(C)C)C2)=C(C)C1=O. The van der Waals surface area contributed by atoms with Crippen molar-refractivity contribution in [3.05, 3.63) is 22.3 Å². The first-order valence-electron chi connectivity index (χ1n) is 10.6. The van der Waals surface area contributed by atoms with Gasteiger partial charge in [0.2, 0.25) is 0 Å². The second-order valence-electron chi connectivity index (χ2n) is 9.89. The van der Waals surface area contributed by atoms with Crippen LogP contribution in [0, 0.1) is 5.41 Å². The lowest BCUT2D eigenvalue weighted by atomic mass is 9.82. The van der Waals surface area contributed by atoms with Gasteiger partial charge in [-0.05, 0) is 46.0 Å². The van der Waals surface area contributed by atoms with Crippen LogP contribution in [-0.2, 0) is 14.4 Å². The molecule has 2 atom stereocenters. The van der Waals surface area contributed by atoms with Gasteiger partial charge < -0.3 is 20.0 Å². The quantitative estimate of drug-likeness (QED) is 0.657. The van der Waals surface area contributed by atoms with E-state index in [1.54, 1.807) is 20.8 Å². The molecule has 0 radical (unpaired) electrons. The minimum Gasteiger partial charge on any atom is -0.465 e. The highest BCUT2D eigenvalue weighted by Crippen LogP contribution is 2.31. The standard InChI is InChI=1S/C23H34N2O6/c1-13-14(2)19(27)16(15(3)18(13)26)8-9-23(7,31)20(28)24-10-11-25(21(29)30)17(12-24)22(4,5)6/h17,31H,8-12H2,1-7H3,(H,29,30). The fourth-order valence-corrected chi connectivity index (χ4v) is 4.21. The van der Waals surface area contributed by atoms with E-state index in [-0.39, 0.29) is 49.5 Å². The molecule has 8 nitrogen and oxygen atoms in total. The lowest BCUT2D eigenvalue weighted by Crippen LogP contribution is -2.62. The van der Waals surface area contributed by atoms with E-state index in [1.165, 1.54) is 16.7 Å². The number of aliphatic hydroxyl groups is 1. The molecule has 0 spiro atoms. The Morgan fingerprint density at radius 2 is 1.52 bits per heavy atom. The Hall–Kier alpha value is -2.48. The number of carboxylic acid groups (broad SMARTS) is 1. The minimum absolute atomic E-state index is 0.0107. The van der Waals surface area contributed by atoms with Crippen LogP contribution in [0.4, 0.5) is 4.79 Å². The molecule has 2 unspecified atom stereocenters. The van der Waals surface area contributed by atoms with Crippen molar-refractivity contribution in [1.82, 2.24) is 9.80 Å². The summed E-state index contributed by atoms with van der Waals surface area (Å²) < 4.78 is 0. The molecule has 2 N–H and O–H groups in total. The zero-order chi connectivity index (χ0) is 23.9. The van der Waals surface area contributed by atoms with Crippen molar-refractivity contribution >= 4 is 23.6 Å². The average molecular weight is 435 g/mol. The summed E-state index contributed by atoms with van der Waals surface area (Å²) in [6.07, 6.45) is -0.929. The van der Waals surface area contributed by atoms with Crippen molar-refractivity contribution in [2.24, 2.45) is 5.41 Å². The number of piperazine rings is 1. The first-order chi connectivity index (χ1) is 14.1. The molecule has 0 aromatic heterocycles. The molecule has 0 saturated carbocycles. The molecule has 1 heterocycles. The van der Waals surface area contributed by atoms with Crippen LogP contribution in [0.3, 0.4) is 0 Å². The number of carbonyl (C=O) groups is 4. The summed E-state index contributed by atoms with van der Waals surface area (Å²) in [5.41, 5.74) is -0.604. The second-order valence-corrected chi connectivity index (χ2v) is 9.89. The van der Waals surface area contributed by atoms with Gasteiger partial charge in [-0.3, -0.25) is 14.4 Å². The molecule has 0 aromatic carbocycles. The van der Waals surface area contributed by atoms with Crippen LogP contribution in [0.25, 0.3) is 0 Å². The van der Waals surface area contributed by atoms with Gasteiger partial charge in [-0.1, -0.05) is 20.8 Å². The summed E-state index contributed by atoms with van der Waals surface area (Å²) in [7, 11) is 0. The maximum Gasteiger partial charge on any atom is 0.407 e. The smallest absolute Gasteiger partial charge is 0.407 e. The predicted molar refractivity (Wildman–Crippen MR) is 115 cm³/mol. The molecule has 2 rings (SSSR count). The lowest BCUT2D eigenvalue weighted by Gasteiger charge is -2.47. The highest BCUT2D eigenvalue weighted by molar-refractivity contribution is 6.24. The van der Waals surface area contributed by atoms with Crippen LogP contribution in [0.1, 0.15) is 61.3 Å². The third-order valence-corrected chi connectivity index (χ3v) is 6.55. The van der Waals surface area contributed by atoms with Crippen molar-refractivity contribution in [3.8, 4) is 0 Å². The van der Waals surface area contributed by atoms with Gasteiger partial charge in [-0.25, -0.2) is 4.79 Å². The van der Waals surface area contributed by atoms with E-state index < -0.39 is 23.6 Å². The molecule has 31 heavy (non-hydrogen) atoms. The molecule has 1 fully saturated rings. The molecule has 8 heteroatoms. The summed E-state index contributed by atoms with van der Waals surface area (Å²) in [4.78, 5) is 52.5. The van der Waals surface area contributed by atoms with Gasteiger partial charge in [0.05, 0.1) is 6.04 Å². The van der Waals surface area contributed by atoms with Crippen molar-refractivity contribution in [1.29, 1.82) is 0 Å². The Morgan fingerprint density at radius 1 is 0.968 bits per heavy atom. The molecule has 1 aliphatic carbocycles. The van der Waals surface area contributed by atoms with Crippen molar-refractivity contribution in [2.45, 2.75) is 73.0 Å². The highest BCUT2D eigenvalue weighted by Gasteiger charge is 2.43. The van der Waals surface area contributed by atoms with Gasteiger partial charge in [0.1, 0.15) is 5.60 Å². The van der Waals surface area contributed by atoms with E-state index in [0.717, 1.165) is 0 Å². The minimum atomic E-state index is -1.74. The number of nitrogens with zero attached hydrogens (tertiary/aromatic N) is 2. The zero-order valence-corrected chi connectivity index (χ0v) is 19.5. The van der Waals surface area contributed by atoms with Gasteiger partial charge in [-0.2, -0.15) is 0 Å². The van der Waals surface area contributed by atoms with Gasteiger partial charge in [0.15, 0.2) is 11.6 Å². The van der Waals surface area contributed by atoms with Gasteiger partial charge in [0, 0.05) is 41.9 Å². The van der Waals surface area contributed by atoms with Crippen molar-refractivity contribution in [3.63, 3.8) is 0 Å². The van der Waals surface area contributed by atoms with E-state index in [1.807, 2.05) is 20.8 Å². The second kappa shape index (κ2) is 8.57. The fourth-order valence-electron chi connectivity index (χ4n) is 4.21. The van der Waals surface area contributed by atoms with E-state index in [4.69, 9.17) is 0 Å². The molecule has 172 valence electrons. The summed E-state index contributed by atoms with van der Waals surface area (Å²) >= 11 is 0. The van der Waals surface area contributed by atoms with E-state index in [9.17, 15) is 29.4 Å². The molecule has 0 aromatic rings. The summed E-state index contributed by atoms with van der Waals surface area (Å²) in [6.45, 7) is 12.5. The monoisotopic (exact) mass is 434 g/mol. The topological polar surface area (TPSA) is 115 Å². The Labute approximate surface area is 183 Å². The lowest BCUT2D eigenvalue weighted by molar-refractivity contribution is -0.154. The molecule has 1 saturated heterocycles. The van der Waals surface area contributed by atoms with E-state index >= 15 is 0 Å². The Kier molecular flexibility index (Phi) is 6.85. The Balaban J connectivity index is 2.16. The zero-order valence-electron chi connectivity index (χ0n) is 19.5. The van der Waals surface area contributed by atoms with Crippen LogP contribution >= 0.6 is 0 Å².